The lowest BCUT2D eigenvalue weighted by Gasteiger charge is -2.36. The van der Waals surface area contributed by atoms with Crippen LogP contribution in [0.2, 0.25) is 5.02 Å². The van der Waals surface area contributed by atoms with E-state index in [0.29, 0.717) is 24.5 Å². The minimum Gasteiger partial charge on any atom is -0.352 e. The summed E-state index contributed by atoms with van der Waals surface area (Å²) in [6.07, 6.45) is 2.13. The highest BCUT2D eigenvalue weighted by Gasteiger charge is 2.25. The molecule has 0 radical (unpaired) electrons. The molecule has 1 aliphatic rings. The van der Waals surface area contributed by atoms with E-state index in [1.165, 1.54) is 11.1 Å². The fourth-order valence-electron chi connectivity index (χ4n) is 4.54. The topological polar surface area (TPSA) is 65.1 Å². The minimum atomic E-state index is 0.207. The van der Waals surface area contributed by atoms with E-state index in [2.05, 4.69) is 64.0 Å². The highest BCUT2D eigenvalue weighted by molar-refractivity contribution is 6.30. The van der Waals surface area contributed by atoms with E-state index in [0.717, 1.165) is 41.2 Å². The van der Waals surface area contributed by atoms with Gasteiger partial charge >= 0.3 is 0 Å². The van der Waals surface area contributed by atoms with Gasteiger partial charge in [0.2, 0.25) is 5.91 Å². The zero-order valence-corrected chi connectivity index (χ0v) is 20.2. The summed E-state index contributed by atoms with van der Waals surface area (Å²) < 4.78 is 0. The summed E-state index contributed by atoms with van der Waals surface area (Å²) in [4.78, 5) is 29.6. The number of carbonyl (C=O) groups excluding carboxylic acids is 1. The summed E-state index contributed by atoms with van der Waals surface area (Å²) in [6.45, 7) is 7.09. The lowest BCUT2D eigenvalue weighted by Crippen LogP contribution is -2.49. The van der Waals surface area contributed by atoms with E-state index in [1.54, 1.807) is 6.33 Å². The Bertz CT molecular complexity index is 1290. The van der Waals surface area contributed by atoms with Crippen molar-refractivity contribution in [1.82, 2.24) is 19.9 Å². The maximum Gasteiger partial charge on any atom is 0.223 e. The van der Waals surface area contributed by atoms with Crippen LogP contribution in [0.4, 0.5) is 5.82 Å². The van der Waals surface area contributed by atoms with Crippen LogP contribution < -0.4 is 4.90 Å². The predicted molar refractivity (Wildman–Crippen MR) is 137 cm³/mol. The monoisotopic (exact) mass is 473 g/mol. The molecule has 0 spiro atoms. The summed E-state index contributed by atoms with van der Waals surface area (Å²) in [5.74, 6) is 1.33. The van der Waals surface area contributed by atoms with E-state index in [-0.39, 0.29) is 11.8 Å². The Balaban J connectivity index is 1.26. The molecule has 4 aromatic rings. The van der Waals surface area contributed by atoms with Crippen LogP contribution in [0.25, 0.3) is 22.3 Å². The smallest absolute Gasteiger partial charge is 0.223 e. The second-order valence-electron chi connectivity index (χ2n) is 9.03. The van der Waals surface area contributed by atoms with Crippen LogP contribution in [-0.4, -0.2) is 51.9 Å². The zero-order valence-electron chi connectivity index (χ0n) is 19.5. The summed E-state index contributed by atoms with van der Waals surface area (Å²) in [5.41, 5.74) is 5.28. The van der Waals surface area contributed by atoms with Gasteiger partial charge in [0, 0.05) is 43.3 Å². The first-order valence-electron chi connectivity index (χ1n) is 11.7. The third kappa shape index (κ3) is 4.64. The first kappa shape index (κ1) is 22.4. The molecule has 7 heteroatoms. The number of fused-ring (bicyclic) bond motifs is 1. The molecule has 1 aliphatic heterocycles. The van der Waals surface area contributed by atoms with Gasteiger partial charge in [-0.15, -0.1) is 0 Å². The Labute approximate surface area is 204 Å². The van der Waals surface area contributed by atoms with Crippen molar-refractivity contribution in [1.29, 1.82) is 0 Å². The quantitative estimate of drug-likeness (QED) is 0.419. The van der Waals surface area contributed by atoms with Crippen LogP contribution in [-0.2, 0) is 4.79 Å². The maximum absolute atomic E-state index is 13.0. The minimum absolute atomic E-state index is 0.207. The molecule has 174 valence electrons. The number of halogens is 1. The van der Waals surface area contributed by atoms with Crippen LogP contribution in [0.1, 0.15) is 30.4 Å². The van der Waals surface area contributed by atoms with E-state index >= 15 is 0 Å². The number of anilines is 1. The number of nitrogens with zero attached hydrogens (tertiary/aromatic N) is 4. The average Bonchev–Trinajstić information content (AvgIpc) is 3.29. The van der Waals surface area contributed by atoms with Gasteiger partial charge < -0.3 is 14.8 Å². The van der Waals surface area contributed by atoms with Crippen LogP contribution in [0.5, 0.6) is 0 Å². The van der Waals surface area contributed by atoms with Crippen molar-refractivity contribution in [2.24, 2.45) is 0 Å². The average molecular weight is 474 g/mol. The van der Waals surface area contributed by atoms with Gasteiger partial charge in [-0.3, -0.25) is 4.79 Å². The Kier molecular flexibility index (Phi) is 6.24. The molecule has 1 atom stereocenters. The number of amides is 1. The zero-order chi connectivity index (χ0) is 23.7. The van der Waals surface area contributed by atoms with Gasteiger partial charge in [0.25, 0.3) is 0 Å². The fourth-order valence-corrected chi connectivity index (χ4v) is 4.66. The Morgan fingerprint density at radius 2 is 1.74 bits per heavy atom. The van der Waals surface area contributed by atoms with Crippen LogP contribution in [0, 0.1) is 6.92 Å². The maximum atomic E-state index is 13.0. The number of rotatable bonds is 5. The Morgan fingerprint density at radius 1 is 1.03 bits per heavy atom. The second kappa shape index (κ2) is 9.47. The van der Waals surface area contributed by atoms with Crippen molar-refractivity contribution >= 4 is 34.4 Å². The van der Waals surface area contributed by atoms with Crippen molar-refractivity contribution < 1.29 is 4.79 Å². The van der Waals surface area contributed by atoms with Crippen molar-refractivity contribution in [2.45, 2.75) is 26.2 Å². The molecule has 1 saturated heterocycles. The van der Waals surface area contributed by atoms with Gasteiger partial charge in [-0.05, 0) is 42.2 Å². The summed E-state index contributed by atoms with van der Waals surface area (Å²) in [5, 5.41) is 1.70. The molecule has 0 aliphatic carbocycles. The van der Waals surface area contributed by atoms with Crippen molar-refractivity contribution in [3.8, 4) is 11.3 Å². The SMILES string of the molecule is Cc1ccc([C@H](C)CC(=O)N2CCN(c3ncnc4[nH]c(-c5ccc(Cl)cc5)cc34)CC2)cc1. The van der Waals surface area contributed by atoms with Crippen molar-refractivity contribution in [3.63, 3.8) is 0 Å². The molecule has 34 heavy (non-hydrogen) atoms. The molecular formula is C27H28ClN5O. The number of H-pyrrole nitrogens is 1. The number of carbonyl (C=O) groups is 1. The Hall–Kier alpha value is -3.38. The molecule has 1 amide bonds. The van der Waals surface area contributed by atoms with Crippen molar-refractivity contribution in [3.05, 3.63) is 77.1 Å². The van der Waals surface area contributed by atoms with Crippen LogP contribution >= 0.6 is 11.6 Å². The van der Waals surface area contributed by atoms with Crippen molar-refractivity contribution in [2.75, 3.05) is 31.1 Å². The molecule has 2 aromatic carbocycles. The molecule has 1 N–H and O–H groups in total. The standard InChI is InChI=1S/C27H28ClN5O/c1-18-3-5-20(6-4-18)19(2)15-25(34)32-11-13-33(14-12-32)27-23-16-24(31-26(23)29-17-30-27)21-7-9-22(28)10-8-21/h3-10,16-17,19H,11-15H2,1-2H3,(H,29,30,31)/t19-/m1/s1. The van der Waals surface area contributed by atoms with Gasteiger partial charge in [-0.1, -0.05) is 60.5 Å². The Morgan fingerprint density at radius 3 is 2.44 bits per heavy atom. The van der Waals surface area contributed by atoms with Gasteiger partial charge in [0.05, 0.1) is 5.39 Å². The molecule has 0 bridgehead atoms. The van der Waals surface area contributed by atoms with E-state index < -0.39 is 0 Å². The van der Waals surface area contributed by atoms with Crippen LogP contribution in [0.3, 0.4) is 0 Å². The number of aromatic amines is 1. The number of benzene rings is 2. The van der Waals surface area contributed by atoms with Gasteiger partial charge in [-0.2, -0.15) is 0 Å². The third-order valence-corrected chi connectivity index (χ3v) is 6.87. The normalized spacial score (nSPS) is 15.0. The number of piperazine rings is 1. The number of hydrogen-bond donors (Lipinski definition) is 1. The fraction of sp³-hybridized carbons (Fsp3) is 0.296. The summed E-state index contributed by atoms with van der Waals surface area (Å²) >= 11 is 6.04. The van der Waals surface area contributed by atoms with Gasteiger partial charge in [0.1, 0.15) is 17.8 Å². The molecular weight excluding hydrogens is 446 g/mol. The van der Waals surface area contributed by atoms with Gasteiger partial charge in [0.15, 0.2) is 0 Å². The van der Waals surface area contributed by atoms with E-state index in [1.807, 2.05) is 29.2 Å². The molecule has 3 heterocycles. The highest BCUT2D eigenvalue weighted by Crippen LogP contribution is 2.30. The lowest BCUT2D eigenvalue weighted by atomic mass is 9.96. The van der Waals surface area contributed by atoms with E-state index in [4.69, 9.17) is 11.6 Å². The number of nitrogens with one attached hydrogen (secondary N) is 1. The predicted octanol–water partition coefficient (Wildman–Crippen LogP) is 5.43. The molecule has 0 unspecified atom stereocenters. The number of hydrogen-bond acceptors (Lipinski definition) is 4. The van der Waals surface area contributed by atoms with E-state index in [9.17, 15) is 4.79 Å². The third-order valence-electron chi connectivity index (χ3n) is 6.62. The first-order valence-corrected chi connectivity index (χ1v) is 12.0. The molecule has 2 aromatic heterocycles. The van der Waals surface area contributed by atoms with Gasteiger partial charge in [-0.25, -0.2) is 9.97 Å². The molecule has 0 saturated carbocycles. The lowest BCUT2D eigenvalue weighted by molar-refractivity contribution is -0.131. The second-order valence-corrected chi connectivity index (χ2v) is 9.47. The summed E-state index contributed by atoms with van der Waals surface area (Å²) in [6, 6.07) is 18.3. The highest BCUT2D eigenvalue weighted by atomic mass is 35.5. The first-order chi connectivity index (χ1) is 16.5. The number of aromatic nitrogens is 3. The molecule has 6 nitrogen and oxygen atoms in total. The molecule has 1 fully saturated rings. The summed E-state index contributed by atoms with van der Waals surface area (Å²) in [7, 11) is 0. The number of aryl methyl sites for hydroxylation is 1. The van der Waals surface area contributed by atoms with Crippen LogP contribution in [0.15, 0.2) is 60.9 Å². The largest absolute Gasteiger partial charge is 0.352 e. The molecule has 5 rings (SSSR count).